The van der Waals surface area contributed by atoms with Gasteiger partial charge in [0, 0.05) is 0 Å². The zero-order valence-electron chi connectivity index (χ0n) is 14.1. The summed E-state index contributed by atoms with van der Waals surface area (Å²) in [4.78, 5) is 21.4. The monoisotopic (exact) mass is 370 g/mol. The summed E-state index contributed by atoms with van der Waals surface area (Å²) in [5.41, 5.74) is 2.75. The summed E-state index contributed by atoms with van der Waals surface area (Å²) in [5, 5.41) is 3.55. The molecule has 4 aromatic rings. The zero-order valence-corrected chi connectivity index (χ0v) is 15.8. The lowest BCUT2D eigenvalue weighted by Crippen LogP contribution is -2.19. The van der Waals surface area contributed by atoms with Crippen molar-refractivity contribution < 1.29 is 0 Å². The Hall–Kier alpha value is -2.19. The minimum atomic E-state index is 0.0188. The van der Waals surface area contributed by atoms with Gasteiger partial charge in [-0.1, -0.05) is 37.7 Å². The molecule has 1 aromatic carbocycles. The van der Waals surface area contributed by atoms with Crippen LogP contribution in [-0.2, 0) is 0 Å². The van der Waals surface area contributed by atoms with Gasteiger partial charge in [-0.2, -0.15) is 0 Å². The van der Waals surface area contributed by atoms with Gasteiger partial charge in [-0.25, -0.2) is 19.9 Å². The van der Waals surface area contributed by atoms with E-state index in [1.54, 1.807) is 29.4 Å². The Labute approximate surface area is 153 Å². The van der Waals surface area contributed by atoms with Crippen molar-refractivity contribution in [3.05, 3.63) is 36.4 Å². The number of para-hydroxylation sites is 2. The number of aromatic amines is 1. The first-order valence-corrected chi connectivity index (χ1v) is 10.1. The van der Waals surface area contributed by atoms with E-state index < -0.39 is 0 Å². The van der Waals surface area contributed by atoms with Crippen molar-refractivity contribution in [3.63, 3.8) is 0 Å². The van der Waals surface area contributed by atoms with Crippen LogP contribution in [-0.4, -0.2) is 31.2 Å². The second-order valence-corrected chi connectivity index (χ2v) is 8.12. The molecule has 0 unspecified atom stereocenters. The molecular weight excluding hydrogens is 352 g/mol. The van der Waals surface area contributed by atoms with Crippen molar-refractivity contribution >= 4 is 50.3 Å². The van der Waals surface area contributed by atoms with Crippen molar-refractivity contribution in [3.8, 4) is 0 Å². The molecule has 0 saturated carbocycles. The van der Waals surface area contributed by atoms with Crippen LogP contribution in [0.3, 0.4) is 0 Å². The molecule has 3 heterocycles. The Kier molecular flexibility index (Phi) is 4.30. The Balaban J connectivity index is 1.74. The lowest BCUT2D eigenvalue weighted by molar-refractivity contribution is 0.526. The van der Waals surface area contributed by atoms with Gasteiger partial charge in [0.15, 0.2) is 9.99 Å². The summed E-state index contributed by atoms with van der Waals surface area (Å²) in [7, 11) is 0. The van der Waals surface area contributed by atoms with E-state index >= 15 is 0 Å². The number of nitrogens with one attached hydrogen (secondary N) is 2. The second-order valence-electron chi connectivity index (χ2n) is 6.06. The number of imidazole rings is 1. The Bertz CT molecular complexity index is 989. The van der Waals surface area contributed by atoms with Crippen LogP contribution in [0.4, 0.5) is 5.82 Å². The predicted octanol–water partition coefficient (Wildman–Crippen LogP) is 4.49. The summed E-state index contributed by atoms with van der Waals surface area (Å²) < 4.78 is 1.97. The molecule has 128 valence electrons. The maximum absolute atomic E-state index is 4.75. The molecule has 4 rings (SSSR count). The van der Waals surface area contributed by atoms with Gasteiger partial charge in [0.1, 0.15) is 22.7 Å². The smallest absolute Gasteiger partial charge is 0.176 e. The van der Waals surface area contributed by atoms with Gasteiger partial charge < -0.3 is 10.3 Å². The van der Waals surface area contributed by atoms with Gasteiger partial charge in [0.2, 0.25) is 0 Å². The first kappa shape index (κ1) is 16.3. The number of hydrogen-bond acceptors (Lipinski definition) is 7. The molecule has 0 bridgehead atoms. The van der Waals surface area contributed by atoms with Crippen molar-refractivity contribution in [1.29, 1.82) is 0 Å². The van der Waals surface area contributed by atoms with Gasteiger partial charge >= 0.3 is 0 Å². The number of nitrogens with zero attached hydrogens (tertiary/aromatic N) is 4. The number of benzene rings is 1. The molecule has 0 fully saturated rings. The van der Waals surface area contributed by atoms with Gasteiger partial charge in [-0.15, -0.1) is 11.3 Å². The fraction of sp³-hybridized carbons (Fsp3) is 0.294. The summed E-state index contributed by atoms with van der Waals surface area (Å²) >= 11 is 3.23. The highest BCUT2D eigenvalue weighted by Crippen LogP contribution is 2.34. The van der Waals surface area contributed by atoms with E-state index in [-0.39, 0.29) is 6.04 Å². The maximum atomic E-state index is 4.75. The molecule has 3 aromatic heterocycles. The standard InChI is InChI=1S/C17H18N6S2/c1-9(2)12(14-20-10-6-4-5-7-11(10)21-14)22-15-13-16(19-8-18-15)23-17(24-3)25-13/h4-9,12H,1-3H3,(H,20,21)(H,18,19,22)/t12-/m1/s1. The third-order valence-electron chi connectivity index (χ3n) is 4.01. The molecule has 0 spiro atoms. The molecule has 25 heavy (non-hydrogen) atoms. The van der Waals surface area contributed by atoms with Crippen LogP contribution in [0.5, 0.6) is 0 Å². The average molecular weight is 371 g/mol. The average Bonchev–Trinajstić information content (AvgIpc) is 3.22. The molecule has 0 aliphatic carbocycles. The van der Waals surface area contributed by atoms with Crippen LogP contribution >= 0.6 is 23.1 Å². The third-order valence-corrected chi connectivity index (χ3v) is 6.04. The molecule has 0 radical (unpaired) electrons. The maximum Gasteiger partial charge on any atom is 0.176 e. The molecule has 1 atom stereocenters. The largest absolute Gasteiger partial charge is 0.359 e. The van der Waals surface area contributed by atoms with Crippen LogP contribution in [0.15, 0.2) is 34.9 Å². The number of rotatable bonds is 5. The number of H-pyrrole nitrogens is 1. The van der Waals surface area contributed by atoms with E-state index in [1.165, 1.54) is 0 Å². The number of thioether (sulfide) groups is 1. The highest BCUT2D eigenvalue weighted by molar-refractivity contribution is 8.00. The van der Waals surface area contributed by atoms with E-state index in [9.17, 15) is 0 Å². The van der Waals surface area contributed by atoms with Crippen LogP contribution in [0.2, 0.25) is 0 Å². The van der Waals surface area contributed by atoms with Gasteiger partial charge in [0.25, 0.3) is 0 Å². The first-order valence-electron chi connectivity index (χ1n) is 8.02. The van der Waals surface area contributed by atoms with Gasteiger partial charge in [-0.05, 0) is 24.3 Å². The van der Waals surface area contributed by atoms with Crippen LogP contribution in [0, 0.1) is 5.92 Å². The highest BCUT2D eigenvalue weighted by Gasteiger charge is 2.22. The molecule has 8 heteroatoms. The quantitative estimate of drug-likeness (QED) is 0.504. The fourth-order valence-electron chi connectivity index (χ4n) is 2.74. The van der Waals surface area contributed by atoms with E-state index in [0.717, 1.165) is 37.4 Å². The number of anilines is 1. The molecule has 0 saturated heterocycles. The summed E-state index contributed by atoms with van der Waals surface area (Å²) in [6.45, 7) is 4.34. The normalized spacial score (nSPS) is 13.0. The van der Waals surface area contributed by atoms with Crippen molar-refractivity contribution in [2.75, 3.05) is 11.6 Å². The highest BCUT2D eigenvalue weighted by atomic mass is 32.2. The fourth-order valence-corrected chi connectivity index (χ4v) is 4.21. The van der Waals surface area contributed by atoms with Crippen molar-refractivity contribution in [2.24, 2.45) is 5.92 Å². The minimum absolute atomic E-state index is 0.0188. The summed E-state index contributed by atoms with van der Waals surface area (Å²) in [6.07, 6.45) is 3.58. The Morgan fingerprint density at radius 2 is 2.00 bits per heavy atom. The minimum Gasteiger partial charge on any atom is -0.359 e. The van der Waals surface area contributed by atoms with Gasteiger partial charge in [-0.3, -0.25) is 0 Å². The van der Waals surface area contributed by atoms with E-state index in [4.69, 9.17) is 4.98 Å². The van der Waals surface area contributed by atoms with Gasteiger partial charge in [0.05, 0.1) is 17.1 Å². The van der Waals surface area contributed by atoms with Crippen LogP contribution < -0.4 is 5.32 Å². The second kappa shape index (κ2) is 6.61. The number of hydrogen-bond donors (Lipinski definition) is 2. The van der Waals surface area contributed by atoms with Crippen molar-refractivity contribution in [1.82, 2.24) is 24.9 Å². The van der Waals surface area contributed by atoms with Crippen molar-refractivity contribution in [2.45, 2.75) is 24.2 Å². The molecule has 6 nitrogen and oxygen atoms in total. The van der Waals surface area contributed by atoms with Crippen LogP contribution in [0.1, 0.15) is 25.7 Å². The third kappa shape index (κ3) is 3.07. The SMILES string of the molecule is CSc1nc2ncnc(N[C@@H](c3nc4ccccc4[nH]3)C(C)C)c2s1. The van der Waals surface area contributed by atoms with E-state index in [2.05, 4.69) is 39.1 Å². The lowest BCUT2D eigenvalue weighted by atomic mass is 10.0. The topological polar surface area (TPSA) is 79.4 Å². The lowest BCUT2D eigenvalue weighted by Gasteiger charge is -2.21. The Morgan fingerprint density at radius 3 is 2.76 bits per heavy atom. The van der Waals surface area contributed by atoms with Crippen LogP contribution in [0.25, 0.3) is 21.4 Å². The number of aromatic nitrogens is 5. The zero-order chi connectivity index (χ0) is 17.4. The predicted molar refractivity (Wildman–Crippen MR) is 104 cm³/mol. The Morgan fingerprint density at radius 1 is 1.16 bits per heavy atom. The number of fused-ring (bicyclic) bond motifs is 2. The summed E-state index contributed by atoms with van der Waals surface area (Å²) in [6, 6.07) is 8.09. The van der Waals surface area contributed by atoms with E-state index in [1.807, 2.05) is 30.5 Å². The molecule has 0 aliphatic rings. The first-order chi connectivity index (χ1) is 12.2. The molecule has 0 amide bonds. The molecular formula is C17H18N6S2. The molecule has 0 aliphatic heterocycles. The number of thiazole rings is 1. The molecule has 2 N–H and O–H groups in total. The van der Waals surface area contributed by atoms with E-state index in [0.29, 0.717) is 5.92 Å². The summed E-state index contributed by atoms with van der Waals surface area (Å²) in [5.74, 6) is 2.05.